The highest BCUT2D eigenvalue weighted by Gasteiger charge is 2.13. The van der Waals surface area contributed by atoms with Crippen LogP contribution in [0.3, 0.4) is 0 Å². The number of para-hydroxylation sites is 1. The van der Waals surface area contributed by atoms with Gasteiger partial charge in [0, 0.05) is 36.4 Å². The Morgan fingerprint density at radius 3 is 2.71 bits per heavy atom. The summed E-state index contributed by atoms with van der Waals surface area (Å²) in [7, 11) is 0. The Morgan fingerprint density at radius 2 is 1.93 bits per heavy atom. The highest BCUT2D eigenvalue weighted by atomic mass is 16.1. The van der Waals surface area contributed by atoms with Crippen molar-refractivity contribution < 1.29 is 4.79 Å². The first-order valence-corrected chi connectivity index (χ1v) is 9.41. The zero-order valence-electron chi connectivity index (χ0n) is 15.8. The molecule has 0 aliphatic carbocycles. The maximum absolute atomic E-state index is 12.9. The second-order valence-corrected chi connectivity index (χ2v) is 6.85. The van der Waals surface area contributed by atoms with Crippen molar-refractivity contribution in [3.63, 3.8) is 0 Å². The van der Waals surface area contributed by atoms with E-state index in [1.54, 1.807) is 12.5 Å². The van der Waals surface area contributed by atoms with Crippen LogP contribution in [0.4, 0.5) is 0 Å². The fraction of sp³-hybridized carbons (Fsp3) is 0.174. The van der Waals surface area contributed by atoms with Gasteiger partial charge >= 0.3 is 0 Å². The Bertz CT molecular complexity index is 1090. The molecule has 0 atom stereocenters. The van der Waals surface area contributed by atoms with Crippen molar-refractivity contribution in [3.8, 4) is 11.3 Å². The van der Waals surface area contributed by atoms with Gasteiger partial charge < -0.3 is 9.88 Å². The molecule has 0 radical (unpaired) electrons. The van der Waals surface area contributed by atoms with E-state index in [0.717, 1.165) is 35.1 Å². The van der Waals surface area contributed by atoms with Crippen LogP contribution in [0.1, 0.15) is 22.3 Å². The molecular weight excluding hydrogens is 348 g/mol. The number of rotatable bonds is 6. The van der Waals surface area contributed by atoms with Crippen LogP contribution in [0.25, 0.3) is 22.2 Å². The van der Waals surface area contributed by atoms with E-state index in [1.807, 2.05) is 53.2 Å². The van der Waals surface area contributed by atoms with E-state index in [9.17, 15) is 4.79 Å². The number of amides is 1. The first-order valence-electron chi connectivity index (χ1n) is 9.41. The van der Waals surface area contributed by atoms with Gasteiger partial charge in [-0.3, -0.25) is 4.79 Å². The first-order chi connectivity index (χ1) is 13.7. The molecule has 2 aromatic heterocycles. The summed E-state index contributed by atoms with van der Waals surface area (Å²) in [5.41, 5.74) is 4.49. The lowest BCUT2D eigenvalue weighted by Crippen LogP contribution is -2.25. The molecule has 4 aromatic rings. The van der Waals surface area contributed by atoms with E-state index in [0.29, 0.717) is 12.1 Å². The van der Waals surface area contributed by atoms with Crippen LogP contribution in [-0.4, -0.2) is 27.0 Å². The number of hydrogen-bond donors (Lipinski definition) is 1. The number of carbonyl (C=O) groups is 1. The van der Waals surface area contributed by atoms with Gasteiger partial charge in [0.1, 0.15) is 0 Å². The van der Waals surface area contributed by atoms with E-state index < -0.39 is 0 Å². The molecule has 5 heteroatoms. The van der Waals surface area contributed by atoms with Gasteiger partial charge in [-0.15, -0.1) is 0 Å². The van der Waals surface area contributed by atoms with Gasteiger partial charge in [-0.05, 0) is 25.5 Å². The molecule has 0 saturated heterocycles. The molecule has 140 valence electrons. The summed E-state index contributed by atoms with van der Waals surface area (Å²) in [5.74, 6) is -0.0717. The zero-order chi connectivity index (χ0) is 19.3. The molecule has 28 heavy (non-hydrogen) atoms. The normalized spacial score (nSPS) is 10.9. The zero-order valence-corrected chi connectivity index (χ0v) is 15.8. The number of benzene rings is 2. The molecule has 0 bridgehead atoms. The number of fused-ring (bicyclic) bond motifs is 1. The van der Waals surface area contributed by atoms with Crippen LogP contribution in [0.15, 0.2) is 73.3 Å². The van der Waals surface area contributed by atoms with Gasteiger partial charge in [-0.25, -0.2) is 9.97 Å². The topological polar surface area (TPSA) is 59.8 Å². The predicted molar refractivity (Wildman–Crippen MR) is 111 cm³/mol. The minimum Gasteiger partial charge on any atom is -0.352 e. The van der Waals surface area contributed by atoms with Crippen LogP contribution < -0.4 is 5.32 Å². The highest BCUT2D eigenvalue weighted by molar-refractivity contribution is 6.07. The standard InChI is InChI=1S/C23H22N4O/c1-17-7-9-18(10-8-17)22-15-20(19-5-2-3-6-21(19)26-22)23(28)25-11-4-13-27-14-12-24-16-27/h2-3,5-10,12,14-16H,4,11,13H2,1H3,(H,25,28). The lowest BCUT2D eigenvalue weighted by Gasteiger charge is -2.11. The number of nitrogens with zero attached hydrogens (tertiary/aromatic N) is 3. The van der Waals surface area contributed by atoms with Crippen molar-refractivity contribution in [1.82, 2.24) is 19.9 Å². The number of nitrogens with one attached hydrogen (secondary N) is 1. The van der Waals surface area contributed by atoms with E-state index in [4.69, 9.17) is 4.98 Å². The average Bonchev–Trinajstić information content (AvgIpc) is 3.24. The Morgan fingerprint density at radius 1 is 1.11 bits per heavy atom. The molecule has 0 saturated carbocycles. The molecule has 2 heterocycles. The maximum atomic E-state index is 12.9. The van der Waals surface area contributed by atoms with Crippen LogP contribution in [0, 0.1) is 6.92 Å². The van der Waals surface area contributed by atoms with Crippen molar-refractivity contribution in [3.05, 3.63) is 84.4 Å². The van der Waals surface area contributed by atoms with Gasteiger partial charge in [0.25, 0.3) is 5.91 Å². The Kier molecular flexibility index (Phi) is 5.15. The van der Waals surface area contributed by atoms with Crippen LogP contribution in [0.5, 0.6) is 0 Å². The number of aryl methyl sites for hydroxylation is 2. The molecule has 2 aromatic carbocycles. The smallest absolute Gasteiger partial charge is 0.252 e. The van der Waals surface area contributed by atoms with Gasteiger partial charge in [0.15, 0.2) is 0 Å². The molecule has 0 fully saturated rings. The average molecular weight is 370 g/mol. The van der Waals surface area contributed by atoms with E-state index >= 15 is 0 Å². The lowest BCUT2D eigenvalue weighted by molar-refractivity contribution is 0.0954. The van der Waals surface area contributed by atoms with Crippen LogP contribution >= 0.6 is 0 Å². The molecule has 0 aliphatic heterocycles. The summed E-state index contributed by atoms with van der Waals surface area (Å²) in [5, 5.41) is 3.91. The first kappa shape index (κ1) is 17.9. The number of carbonyl (C=O) groups excluding carboxylic acids is 1. The Labute approximate surface area is 164 Å². The SMILES string of the molecule is Cc1ccc(-c2cc(C(=O)NCCCn3ccnc3)c3ccccc3n2)cc1. The second kappa shape index (κ2) is 8.05. The summed E-state index contributed by atoms with van der Waals surface area (Å²) in [6.07, 6.45) is 6.31. The van der Waals surface area contributed by atoms with Crippen LogP contribution in [0.2, 0.25) is 0 Å². The van der Waals surface area contributed by atoms with Crippen molar-refractivity contribution in [1.29, 1.82) is 0 Å². The van der Waals surface area contributed by atoms with Crippen molar-refractivity contribution in [2.45, 2.75) is 19.9 Å². The van der Waals surface area contributed by atoms with E-state index in [-0.39, 0.29) is 5.91 Å². The second-order valence-electron chi connectivity index (χ2n) is 6.85. The summed E-state index contributed by atoms with van der Waals surface area (Å²) in [6.45, 7) is 3.49. The summed E-state index contributed by atoms with van der Waals surface area (Å²) in [4.78, 5) is 21.7. The molecule has 0 aliphatic rings. The third kappa shape index (κ3) is 3.93. The molecule has 4 rings (SSSR count). The summed E-state index contributed by atoms with van der Waals surface area (Å²) in [6, 6.07) is 17.9. The molecular formula is C23H22N4O. The molecule has 1 N–H and O–H groups in total. The summed E-state index contributed by atoms with van der Waals surface area (Å²) < 4.78 is 2.00. The lowest BCUT2D eigenvalue weighted by atomic mass is 10.0. The minimum absolute atomic E-state index is 0.0717. The van der Waals surface area contributed by atoms with Gasteiger partial charge in [-0.1, -0.05) is 48.0 Å². The largest absolute Gasteiger partial charge is 0.352 e. The number of hydrogen-bond acceptors (Lipinski definition) is 3. The van der Waals surface area contributed by atoms with E-state index in [1.165, 1.54) is 5.56 Å². The third-order valence-corrected chi connectivity index (χ3v) is 4.75. The molecule has 5 nitrogen and oxygen atoms in total. The van der Waals surface area contributed by atoms with Gasteiger partial charge in [0.2, 0.25) is 0 Å². The van der Waals surface area contributed by atoms with E-state index in [2.05, 4.69) is 29.4 Å². The Balaban J connectivity index is 1.57. The fourth-order valence-electron chi connectivity index (χ4n) is 3.21. The number of aromatic nitrogens is 3. The predicted octanol–water partition coefficient (Wildman–Crippen LogP) is 4.23. The van der Waals surface area contributed by atoms with Crippen molar-refractivity contribution in [2.24, 2.45) is 0 Å². The monoisotopic (exact) mass is 370 g/mol. The molecule has 0 unspecified atom stereocenters. The number of pyridine rings is 1. The van der Waals surface area contributed by atoms with Crippen LogP contribution in [-0.2, 0) is 6.54 Å². The third-order valence-electron chi connectivity index (χ3n) is 4.75. The Hall–Kier alpha value is -3.47. The van der Waals surface area contributed by atoms with Crippen molar-refractivity contribution in [2.75, 3.05) is 6.54 Å². The van der Waals surface area contributed by atoms with Gasteiger partial charge in [0.05, 0.1) is 23.1 Å². The van der Waals surface area contributed by atoms with Gasteiger partial charge in [-0.2, -0.15) is 0 Å². The molecule has 1 amide bonds. The fourth-order valence-corrected chi connectivity index (χ4v) is 3.21. The maximum Gasteiger partial charge on any atom is 0.252 e. The highest BCUT2D eigenvalue weighted by Crippen LogP contribution is 2.25. The minimum atomic E-state index is -0.0717. The quantitative estimate of drug-likeness (QED) is 0.517. The summed E-state index contributed by atoms with van der Waals surface area (Å²) >= 11 is 0. The number of imidazole rings is 1. The van der Waals surface area contributed by atoms with Crippen molar-refractivity contribution >= 4 is 16.8 Å². The molecule has 0 spiro atoms.